The number of rotatable bonds is 8. The van der Waals surface area contributed by atoms with Crippen molar-refractivity contribution in [2.45, 2.75) is 28.0 Å². The number of pyridine rings is 1. The van der Waals surface area contributed by atoms with Gasteiger partial charge in [0, 0.05) is 29.7 Å². The Balaban J connectivity index is 1.49. The van der Waals surface area contributed by atoms with Gasteiger partial charge in [0.15, 0.2) is 6.10 Å². The molecule has 2 aliphatic heterocycles. The van der Waals surface area contributed by atoms with Crippen molar-refractivity contribution in [1.29, 1.82) is 0 Å². The Morgan fingerprint density at radius 1 is 1.26 bits per heavy atom. The van der Waals surface area contributed by atoms with E-state index in [-0.39, 0.29) is 28.3 Å². The predicted octanol–water partition coefficient (Wildman–Crippen LogP) is 0.872. The highest BCUT2D eigenvalue weighted by Crippen LogP contribution is 2.43. The van der Waals surface area contributed by atoms with Gasteiger partial charge >= 0.3 is 5.97 Å². The Hall–Kier alpha value is -3.46. The van der Waals surface area contributed by atoms with Crippen LogP contribution in [0.5, 0.6) is 0 Å². The lowest BCUT2D eigenvalue weighted by molar-refractivity contribution is -0.385. The third-order valence-corrected chi connectivity index (χ3v) is 7.60. The number of nitro benzene ring substituents is 1. The fourth-order valence-corrected chi connectivity index (χ4v) is 5.96. The number of non-ortho nitro benzene ring substituents is 1. The summed E-state index contributed by atoms with van der Waals surface area (Å²) in [6.45, 7) is 0. The van der Waals surface area contributed by atoms with E-state index in [1.807, 2.05) is 0 Å². The zero-order chi connectivity index (χ0) is 25.3. The molecule has 1 aromatic heterocycles. The van der Waals surface area contributed by atoms with Crippen LogP contribution in [0.2, 0.25) is 0 Å². The van der Waals surface area contributed by atoms with Gasteiger partial charge in [-0.25, -0.2) is 9.78 Å². The van der Waals surface area contributed by atoms with Crippen LogP contribution in [-0.4, -0.2) is 70.5 Å². The first-order valence-electron chi connectivity index (χ1n) is 10.1. The van der Waals surface area contributed by atoms with E-state index in [1.54, 1.807) is 18.2 Å². The maximum absolute atomic E-state index is 12.8. The number of thioether (sulfide) groups is 2. The SMILES string of the molecule is O=C(O)C1=C(C(O)Sc2ccccn2)CS[C@H]2C(NC(=O)C(O)c3cccc([N+](=O)[O-])c3)C(=O)N12. The van der Waals surface area contributed by atoms with Gasteiger partial charge in [0.25, 0.3) is 17.5 Å². The van der Waals surface area contributed by atoms with Gasteiger partial charge in [-0.1, -0.05) is 30.0 Å². The summed E-state index contributed by atoms with van der Waals surface area (Å²) in [6.07, 6.45) is -0.242. The van der Waals surface area contributed by atoms with Gasteiger partial charge in [0.2, 0.25) is 0 Å². The van der Waals surface area contributed by atoms with Crippen molar-refractivity contribution in [3.8, 4) is 0 Å². The predicted molar refractivity (Wildman–Crippen MR) is 124 cm³/mol. The molecule has 12 nitrogen and oxygen atoms in total. The molecule has 0 aliphatic carbocycles. The average Bonchev–Trinajstić information content (AvgIpc) is 2.86. The van der Waals surface area contributed by atoms with Crippen molar-refractivity contribution >= 4 is 47.0 Å². The first-order valence-corrected chi connectivity index (χ1v) is 12.0. The number of aliphatic hydroxyl groups excluding tert-OH is 2. The van der Waals surface area contributed by atoms with E-state index < -0.39 is 45.7 Å². The van der Waals surface area contributed by atoms with Crippen LogP contribution in [0.15, 0.2) is 65.0 Å². The minimum absolute atomic E-state index is 0.0281. The summed E-state index contributed by atoms with van der Waals surface area (Å²) in [4.78, 5) is 52.7. The average molecular weight is 519 g/mol. The first-order chi connectivity index (χ1) is 16.7. The summed E-state index contributed by atoms with van der Waals surface area (Å²) in [5.74, 6) is -2.99. The lowest BCUT2D eigenvalue weighted by Crippen LogP contribution is -2.71. The van der Waals surface area contributed by atoms with Crippen molar-refractivity contribution < 1.29 is 34.6 Å². The highest BCUT2D eigenvalue weighted by molar-refractivity contribution is 8.01. The van der Waals surface area contributed by atoms with Crippen LogP contribution in [0, 0.1) is 10.1 Å². The molecule has 0 saturated carbocycles. The van der Waals surface area contributed by atoms with E-state index >= 15 is 0 Å². The van der Waals surface area contributed by atoms with Crippen molar-refractivity contribution in [3.05, 3.63) is 75.6 Å². The molecular formula is C21H18N4O8S2. The van der Waals surface area contributed by atoms with Crippen molar-refractivity contribution in [2.24, 2.45) is 0 Å². The number of nitrogens with one attached hydrogen (secondary N) is 1. The molecule has 3 heterocycles. The van der Waals surface area contributed by atoms with Gasteiger partial charge in [0.1, 0.15) is 22.5 Å². The molecule has 4 rings (SSSR count). The molecule has 4 N–H and O–H groups in total. The van der Waals surface area contributed by atoms with Crippen LogP contribution in [-0.2, 0) is 14.4 Å². The monoisotopic (exact) mass is 518 g/mol. The quantitative estimate of drug-likeness (QED) is 0.128. The number of carbonyl (C=O) groups excluding carboxylic acids is 2. The summed E-state index contributed by atoms with van der Waals surface area (Å²) in [6, 6.07) is 8.86. The molecule has 2 aliphatic rings. The lowest BCUT2D eigenvalue weighted by atomic mass is 10.0. The first kappa shape index (κ1) is 24.7. The molecule has 4 atom stereocenters. The molecule has 14 heteroatoms. The molecule has 35 heavy (non-hydrogen) atoms. The normalized spacial score (nSPS) is 21.0. The second-order valence-corrected chi connectivity index (χ2v) is 9.67. The Kier molecular flexibility index (Phi) is 7.07. The Morgan fingerprint density at radius 2 is 2.03 bits per heavy atom. The number of carboxylic acid groups (broad SMARTS) is 1. The third-order valence-electron chi connectivity index (χ3n) is 5.31. The van der Waals surface area contributed by atoms with E-state index in [4.69, 9.17) is 0 Å². The number of carboxylic acids is 1. The number of carbonyl (C=O) groups is 3. The molecule has 3 unspecified atom stereocenters. The standard InChI is InChI=1S/C21H18N4O8S2/c26-16(10-4-3-5-11(8-10)25(32)33)17(27)23-14-18(28)24-15(20(29)30)12(9-34-19(14)24)21(31)35-13-6-1-2-7-22-13/h1-8,14,16,19,21,26,31H,9H2,(H,23,27)(H,29,30)/t14?,16?,19-,21?/m0/s1. The lowest BCUT2D eigenvalue weighted by Gasteiger charge is -2.49. The van der Waals surface area contributed by atoms with Crippen LogP contribution in [0.4, 0.5) is 5.69 Å². The molecule has 0 bridgehead atoms. The molecule has 1 saturated heterocycles. The van der Waals surface area contributed by atoms with Gasteiger partial charge in [-0.2, -0.15) is 0 Å². The summed E-state index contributed by atoms with van der Waals surface area (Å²) < 4.78 is 0. The summed E-state index contributed by atoms with van der Waals surface area (Å²) >= 11 is 2.09. The van der Waals surface area contributed by atoms with E-state index in [0.717, 1.165) is 34.5 Å². The number of aromatic nitrogens is 1. The summed E-state index contributed by atoms with van der Waals surface area (Å²) in [5, 5.41) is 43.8. The van der Waals surface area contributed by atoms with Crippen LogP contribution >= 0.6 is 23.5 Å². The fourth-order valence-electron chi connectivity index (χ4n) is 3.63. The Morgan fingerprint density at radius 3 is 2.69 bits per heavy atom. The number of aliphatic hydroxyl groups is 2. The maximum atomic E-state index is 12.8. The number of fused-ring (bicyclic) bond motifs is 1. The van der Waals surface area contributed by atoms with Crippen LogP contribution in [0.3, 0.4) is 0 Å². The van der Waals surface area contributed by atoms with Gasteiger partial charge in [0.05, 0.1) is 9.95 Å². The largest absolute Gasteiger partial charge is 0.477 e. The number of benzene rings is 1. The van der Waals surface area contributed by atoms with Gasteiger partial charge < -0.3 is 20.6 Å². The smallest absolute Gasteiger partial charge is 0.352 e. The topological polar surface area (TPSA) is 183 Å². The number of hydrogen-bond acceptors (Lipinski definition) is 10. The molecule has 2 aromatic rings. The van der Waals surface area contributed by atoms with Crippen LogP contribution < -0.4 is 5.32 Å². The number of β-lactam (4-membered cyclic amide) rings is 1. The highest BCUT2D eigenvalue weighted by atomic mass is 32.2. The van der Waals surface area contributed by atoms with Crippen molar-refractivity contribution in [2.75, 3.05) is 5.75 Å². The molecule has 2 amide bonds. The molecule has 1 aromatic carbocycles. The van der Waals surface area contributed by atoms with Crippen LogP contribution in [0.1, 0.15) is 11.7 Å². The van der Waals surface area contributed by atoms with Crippen molar-refractivity contribution in [1.82, 2.24) is 15.2 Å². The molecule has 182 valence electrons. The van der Waals surface area contributed by atoms with E-state index in [1.165, 1.54) is 24.4 Å². The fraction of sp³-hybridized carbons (Fsp3) is 0.238. The van der Waals surface area contributed by atoms with E-state index in [9.17, 15) is 39.8 Å². The maximum Gasteiger partial charge on any atom is 0.352 e. The second kappa shape index (κ2) is 10.0. The molecular weight excluding hydrogens is 500 g/mol. The van der Waals surface area contributed by atoms with Crippen LogP contribution in [0.25, 0.3) is 0 Å². The second-order valence-electron chi connectivity index (χ2n) is 7.47. The minimum atomic E-state index is -1.77. The van der Waals surface area contributed by atoms with E-state index in [0.29, 0.717) is 5.03 Å². The molecule has 0 spiro atoms. The molecule has 0 radical (unpaired) electrons. The zero-order valence-corrected chi connectivity index (χ0v) is 19.3. The number of amides is 2. The zero-order valence-electron chi connectivity index (χ0n) is 17.7. The minimum Gasteiger partial charge on any atom is -0.477 e. The van der Waals surface area contributed by atoms with Crippen molar-refractivity contribution in [3.63, 3.8) is 0 Å². The third kappa shape index (κ3) is 4.86. The highest BCUT2D eigenvalue weighted by Gasteiger charge is 2.55. The number of nitro groups is 1. The van der Waals surface area contributed by atoms with Gasteiger partial charge in [-0.15, -0.1) is 11.8 Å². The Labute approximate surface area is 206 Å². The summed E-state index contributed by atoms with van der Waals surface area (Å²) in [7, 11) is 0. The number of aliphatic carboxylic acids is 1. The molecule has 1 fully saturated rings. The Bertz CT molecular complexity index is 1220. The van der Waals surface area contributed by atoms with Gasteiger partial charge in [-0.05, 0) is 17.7 Å². The van der Waals surface area contributed by atoms with E-state index in [2.05, 4.69) is 10.3 Å². The number of nitrogens with zero attached hydrogens (tertiary/aromatic N) is 3. The summed E-state index contributed by atoms with van der Waals surface area (Å²) in [5.41, 5.74) is -1.83. The van der Waals surface area contributed by atoms with Gasteiger partial charge in [-0.3, -0.25) is 24.6 Å². The number of hydrogen-bond donors (Lipinski definition) is 4.